The molecule has 0 saturated carbocycles. The summed E-state index contributed by atoms with van der Waals surface area (Å²) in [5.41, 5.74) is -0.472. The molecular weight excluding hydrogens is 442 g/mol. The zero-order chi connectivity index (χ0) is 23.3. The molecule has 0 aliphatic rings. The van der Waals surface area contributed by atoms with Gasteiger partial charge < -0.3 is 14.8 Å². The van der Waals surface area contributed by atoms with E-state index in [1.54, 1.807) is 0 Å². The SMILES string of the molecule is COc1ccc(S(=O)(=O)N(CC(=O)Nc2ccccc2F)c2ccccc2F)cc1OC. The summed E-state index contributed by atoms with van der Waals surface area (Å²) in [5.74, 6) is -1.97. The van der Waals surface area contributed by atoms with Crippen LogP contribution in [0.3, 0.4) is 0 Å². The molecule has 168 valence electrons. The highest BCUT2D eigenvalue weighted by Crippen LogP contribution is 2.33. The van der Waals surface area contributed by atoms with Crippen molar-refractivity contribution in [3.8, 4) is 11.5 Å². The quantitative estimate of drug-likeness (QED) is 0.550. The summed E-state index contributed by atoms with van der Waals surface area (Å²) in [6, 6.07) is 14.4. The van der Waals surface area contributed by atoms with Crippen molar-refractivity contribution in [3.63, 3.8) is 0 Å². The minimum atomic E-state index is -4.43. The second-order valence-electron chi connectivity index (χ2n) is 6.51. The largest absolute Gasteiger partial charge is 0.493 e. The van der Waals surface area contributed by atoms with Crippen LogP contribution in [0, 0.1) is 11.6 Å². The van der Waals surface area contributed by atoms with E-state index in [1.807, 2.05) is 0 Å². The molecule has 0 aliphatic heterocycles. The number of amides is 1. The van der Waals surface area contributed by atoms with Crippen LogP contribution in [0.2, 0.25) is 0 Å². The Morgan fingerprint density at radius 2 is 1.53 bits per heavy atom. The number of ether oxygens (including phenoxy) is 2. The summed E-state index contributed by atoms with van der Waals surface area (Å²) in [7, 11) is -1.70. The predicted octanol–water partition coefficient (Wildman–Crippen LogP) is 3.82. The lowest BCUT2D eigenvalue weighted by Crippen LogP contribution is -2.38. The van der Waals surface area contributed by atoms with Crippen LogP contribution in [0.1, 0.15) is 0 Å². The lowest BCUT2D eigenvalue weighted by atomic mass is 10.3. The maximum atomic E-state index is 14.5. The van der Waals surface area contributed by atoms with Gasteiger partial charge >= 0.3 is 0 Å². The Balaban J connectivity index is 2.02. The topological polar surface area (TPSA) is 84.9 Å². The van der Waals surface area contributed by atoms with Crippen molar-refractivity contribution in [2.75, 3.05) is 30.4 Å². The van der Waals surface area contributed by atoms with Gasteiger partial charge in [0.2, 0.25) is 5.91 Å². The van der Waals surface area contributed by atoms with Crippen molar-refractivity contribution in [2.45, 2.75) is 4.90 Å². The van der Waals surface area contributed by atoms with E-state index in [2.05, 4.69) is 5.32 Å². The molecule has 0 saturated heterocycles. The highest BCUT2D eigenvalue weighted by Gasteiger charge is 2.30. The average molecular weight is 462 g/mol. The van der Waals surface area contributed by atoms with Crippen LogP contribution in [-0.2, 0) is 14.8 Å². The van der Waals surface area contributed by atoms with Crippen LogP contribution in [0.25, 0.3) is 0 Å². The molecule has 3 aromatic carbocycles. The first-order chi connectivity index (χ1) is 15.3. The zero-order valence-corrected chi connectivity index (χ0v) is 18.0. The van der Waals surface area contributed by atoms with Gasteiger partial charge in [0.1, 0.15) is 18.2 Å². The van der Waals surface area contributed by atoms with E-state index in [4.69, 9.17) is 9.47 Å². The number of methoxy groups -OCH3 is 2. The number of anilines is 2. The number of rotatable bonds is 8. The predicted molar refractivity (Wildman–Crippen MR) is 116 cm³/mol. The third kappa shape index (κ3) is 4.80. The fraction of sp³-hybridized carbons (Fsp3) is 0.136. The number of para-hydroxylation sites is 2. The van der Waals surface area contributed by atoms with Gasteiger partial charge in [0.05, 0.1) is 30.5 Å². The Morgan fingerprint density at radius 1 is 0.906 bits per heavy atom. The molecule has 7 nitrogen and oxygen atoms in total. The smallest absolute Gasteiger partial charge is 0.265 e. The Kier molecular flexibility index (Phi) is 6.94. The molecule has 0 unspecified atom stereocenters. The molecule has 1 amide bonds. The van der Waals surface area contributed by atoms with Gasteiger partial charge in [0, 0.05) is 6.07 Å². The Labute approximate surface area is 184 Å². The lowest BCUT2D eigenvalue weighted by Gasteiger charge is -2.25. The first-order valence-electron chi connectivity index (χ1n) is 9.31. The normalized spacial score (nSPS) is 11.0. The van der Waals surface area contributed by atoms with Crippen LogP contribution >= 0.6 is 0 Å². The van der Waals surface area contributed by atoms with Gasteiger partial charge in [-0.2, -0.15) is 0 Å². The zero-order valence-electron chi connectivity index (χ0n) is 17.2. The Hall–Kier alpha value is -3.66. The molecule has 32 heavy (non-hydrogen) atoms. The summed E-state index contributed by atoms with van der Waals surface area (Å²) < 4.78 is 66.2. The van der Waals surface area contributed by atoms with E-state index < -0.39 is 34.1 Å². The fourth-order valence-corrected chi connectivity index (χ4v) is 4.39. The summed E-state index contributed by atoms with van der Waals surface area (Å²) >= 11 is 0. The molecule has 0 aliphatic carbocycles. The van der Waals surface area contributed by atoms with Crippen molar-refractivity contribution in [3.05, 3.63) is 78.4 Å². The van der Waals surface area contributed by atoms with E-state index >= 15 is 0 Å². The first kappa shape index (κ1) is 23.0. The van der Waals surface area contributed by atoms with Gasteiger partial charge in [0.25, 0.3) is 10.0 Å². The first-order valence-corrected chi connectivity index (χ1v) is 10.8. The molecular formula is C22H20F2N2O5S. The van der Waals surface area contributed by atoms with Gasteiger partial charge in [-0.05, 0) is 36.4 Å². The Morgan fingerprint density at radius 3 is 2.16 bits per heavy atom. The number of halogens is 2. The highest BCUT2D eigenvalue weighted by molar-refractivity contribution is 7.92. The van der Waals surface area contributed by atoms with Crippen molar-refractivity contribution in [1.82, 2.24) is 0 Å². The molecule has 0 radical (unpaired) electrons. The molecule has 1 N–H and O–H groups in total. The number of benzene rings is 3. The minimum absolute atomic E-state index is 0.130. The molecule has 0 bridgehead atoms. The third-order valence-corrected chi connectivity index (χ3v) is 6.26. The molecule has 3 rings (SSSR count). The molecule has 10 heteroatoms. The fourth-order valence-electron chi connectivity index (χ4n) is 2.94. The minimum Gasteiger partial charge on any atom is -0.493 e. The Bertz CT molecular complexity index is 1230. The van der Waals surface area contributed by atoms with E-state index in [0.29, 0.717) is 10.1 Å². The van der Waals surface area contributed by atoms with Crippen LogP contribution in [0.4, 0.5) is 20.2 Å². The number of hydrogen-bond acceptors (Lipinski definition) is 5. The summed E-state index contributed by atoms with van der Waals surface area (Å²) in [6.45, 7) is -0.800. The van der Waals surface area contributed by atoms with Gasteiger partial charge in [-0.1, -0.05) is 24.3 Å². The second-order valence-corrected chi connectivity index (χ2v) is 8.37. The lowest BCUT2D eigenvalue weighted by molar-refractivity contribution is -0.114. The van der Waals surface area contributed by atoms with Gasteiger partial charge in [-0.25, -0.2) is 17.2 Å². The number of carbonyl (C=O) groups is 1. The van der Waals surface area contributed by atoms with Crippen LogP contribution in [-0.4, -0.2) is 35.1 Å². The monoisotopic (exact) mass is 462 g/mol. The molecule has 3 aromatic rings. The van der Waals surface area contributed by atoms with Gasteiger partial charge in [-0.15, -0.1) is 0 Å². The van der Waals surface area contributed by atoms with E-state index in [0.717, 1.165) is 12.1 Å². The molecule has 0 aromatic heterocycles. The number of hydrogen-bond donors (Lipinski definition) is 1. The average Bonchev–Trinajstić information content (AvgIpc) is 2.79. The van der Waals surface area contributed by atoms with Gasteiger partial charge in [0.15, 0.2) is 11.5 Å². The number of sulfonamides is 1. The van der Waals surface area contributed by atoms with Crippen LogP contribution in [0.5, 0.6) is 11.5 Å². The van der Waals surface area contributed by atoms with E-state index in [9.17, 15) is 22.0 Å². The summed E-state index contributed by atoms with van der Waals surface area (Å²) in [4.78, 5) is 12.4. The number of nitrogens with zero attached hydrogens (tertiary/aromatic N) is 1. The number of carbonyl (C=O) groups excluding carboxylic acids is 1. The maximum absolute atomic E-state index is 14.5. The molecule has 0 fully saturated rings. The molecule has 0 heterocycles. The maximum Gasteiger partial charge on any atom is 0.265 e. The van der Waals surface area contributed by atoms with Crippen molar-refractivity contribution in [2.24, 2.45) is 0 Å². The van der Waals surface area contributed by atoms with Crippen molar-refractivity contribution < 1.29 is 31.5 Å². The van der Waals surface area contributed by atoms with E-state index in [1.165, 1.54) is 68.8 Å². The highest BCUT2D eigenvalue weighted by atomic mass is 32.2. The summed E-state index contributed by atoms with van der Waals surface area (Å²) in [6.07, 6.45) is 0. The standard InChI is InChI=1S/C22H20F2N2O5S/c1-30-20-12-11-15(13-21(20)31-2)32(28,29)26(19-10-6-4-8-17(19)24)14-22(27)25-18-9-5-3-7-16(18)23/h3-13H,14H2,1-2H3,(H,25,27). The molecule has 0 spiro atoms. The van der Waals surface area contributed by atoms with Crippen molar-refractivity contribution in [1.29, 1.82) is 0 Å². The van der Waals surface area contributed by atoms with Gasteiger partial charge in [-0.3, -0.25) is 9.10 Å². The second kappa shape index (κ2) is 9.65. The number of nitrogens with one attached hydrogen (secondary N) is 1. The van der Waals surface area contributed by atoms with E-state index in [-0.39, 0.29) is 22.0 Å². The summed E-state index contributed by atoms with van der Waals surface area (Å²) in [5, 5.41) is 2.31. The third-order valence-electron chi connectivity index (χ3n) is 4.50. The van der Waals surface area contributed by atoms with Crippen molar-refractivity contribution >= 4 is 27.3 Å². The van der Waals surface area contributed by atoms with Crippen LogP contribution in [0.15, 0.2) is 71.6 Å². The molecule has 0 atom stereocenters. The van der Waals surface area contributed by atoms with Crippen LogP contribution < -0.4 is 19.1 Å².